The Morgan fingerprint density at radius 1 is 1.42 bits per heavy atom. The van der Waals surface area contributed by atoms with Gasteiger partial charge in [0, 0.05) is 12.5 Å². The Hall–Kier alpha value is -0.120. The molecule has 72 valence electrons. The molecule has 0 radical (unpaired) electrons. The highest BCUT2D eigenvalue weighted by molar-refractivity contribution is 4.64. The highest BCUT2D eigenvalue weighted by Crippen LogP contribution is 2.22. The van der Waals surface area contributed by atoms with E-state index in [0.717, 1.165) is 32.5 Å². The molecule has 0 spiro atoms. The van der Waals surface area contributed by atoms with Crippen molar-refractivity contribution in [1.29, 1.82) is 0 Å². The fourth-order valence-electron chi connectivity index (χ4n) is 1.53. The molecule has 1 atom stereocenters. The molecule has 1 N–H and O–H groups in total. The predicted octanol–water partition coefficient (Wildman–Crippen LogP) is 1.16. The van der Waals surface area contributed by atoms with Crippen molar-refractivity contribution in [3.05, 3.63) is 0 Å². The largest absolute Gasteiger partial charge is 0.396 e. The van der Waals surface area contributed by atoms with Crippen LogP contribution in [0.4, 0.5) is 0 Å². The summed E-state index contributed by atoms with van der Waals surface area (Å²) in [4.78, 5) is 0. The molecule has 0 aromatic carbocycles. The van der Waals surface area contributed by atoms with E-state index in [-0.39, 0.29) is 12.9 Å². The van der Waals surface area contributed by atoms with E-state index < -0.39 is 0 Å². The van der Waals surface area contributed by atoms with Gasteiger partial charge in [-0.05, 0) is 19.3 Å². The minimum absolute atomic E-state index is 0.0125. The van der Waals surface area contributed by atoms with Crippen LogP contribution in [0.5, 0.6) is 0 Å². The van der Waals surface area contributed by atoms with E-state index in [0.29, 0.717) is 5.92 Å². The van der Waals surface area contributed by atoms with Gasteiger partial charge in [0.2, 0.25) is 0 Å². The summed E-state index contributed by atoms with van der Waals surface area (Å²) in [5.41, 5.74) is 0. The van der Waals surface area contributed by atoms with E-state index in [9.17, 15) is 0 Å². The van der Waals surface area contributed by atoms with Gasteiger partial charge < -0.3 is 14.6 Å². The SMILES string of the molecule is CCC(CCCO)C1OCCO1. The standard InChI is InChI=1S/C9H18O3/c1-2-8(4-3-5-10)9-11-6-7-12-9/h8-10H,2-7H2,1H3. The third kappa shape index (κ3) is 2.73. The summed E-state index contributed by atoms with van der Waals surface area (Å²) in [6.45, 7) is 3.84. The van der Waals surface area contributed by atoms with Crippen LogP contribution in [0.2, 0.25) is 0 Å². The quantitative estimate of drug-likeness (QED) is 0.679. The molecular weight excluding hydrogens is 156 g/mol. The number of hydrogen-bond acceptors (Lipinski definition) is 3. The summed E-state index contributed by atoms with van der Waals surface area (Å²) in [5.74, 6) is 0.458. The highest BCUT2D eigenvalue weighted by Gasteiger charge is 2.24. The van der Waals surface area contributed by atoms with Gasteiger partial charge in [-0.3, -0.25) is 0 Å². The second kappa shape index (κ2) is 5.51. The van der Waals surface area contributed by atoms with Gasteiger partial charge in [0.1, 0.15) is 0 Å². The van der Waals surface area contributed by atoms with Crippen LogP contribution in [0.25, 0.3) is 0 Å². The molecule has 3 heteroatoms. The van der Waals surface area contributed by atoms with Crippen molar-refractivity contribution in [1.82, 2.24) is 0 Å². The van der Waals surface area contributed by atoms with Crippen molar-refractivity contribution >= 4 is 0 Å². The molecule has 12 heavy (non-hydrogen) atoms. The van der Waals surface area contributed by atoms with Crippen molar-refractivity contribution in [2.75, 3.05) is 19.8 Å². The average molecular weight is 174 g/mol. The zero-order valence-electron chi connectivity index (χ0n) is 7.66. The number of aliphatic hydroxyl groups is 1. The number of hydrogen-bond donors (Lipinski definition) is 1. The molecule has 1 saturated heterocycles. The van der Waals surface area contributed by atoms with Crippen molar-refractivity contribution in [2.45, 2.75) is 32.5 Å². The lowest BCUT2D eigenvalue weighted by Crippen LogP contribution is -2.21. The Kier molecular flexibility index (Phi) is 4.58. The number of rotatable bonds is 5. The maximum Gasteiger partial charge on any atom is 0.160 e. The molecule has 1 heterocycles. The summed E-state index contributed by atoms with van der Waals surface area (Å²) < 4.78 is 10.8. The summed E-state index contributed by atoms with van der Waals surface area (Å²) in [6, 6.07) is 0. The van der Waals surface area contributed by atoms with Crippen molar-refractivity contribution in [3.63, 3.8) is 0 Å². The number of aliphatic hydroxyl groups excluding tert-OH is 1. The average Bonchev–Trinajstić information content (AvgIpc) is 2.59. The summed E-state index contributed by atoms with van der Waals surface area (Å²) in [5, 5.41) is 8.67. The molecule has 1 aliphatic rings. The van der Waals surface area contributed by atoms with Gasteiger partial charge in [-0.25, -0.2) is 0 Å². The fraction of sp³-hybridized carbons (Fsp3) is 1.00. The summed E-state index contributed by atoms with van der Waals surface area (Å²) >= 11 is 0. The van der Waals surface area contributed by atoms with E-state index in [4.69, 9.17) is 14.6 Å². The van der Waals surface area contributed by atoms with Gasteiger partial charge >= 0.3 is 0 Å². The lowest BCUT2D eigenvalue weighted by Gasteiger charge is -2.19. The van der Waals surface area contributed by atoms with Crippen LogP contribution >= 0.6 is 0 Å². The smallest absolute Gasteiger partial charge is 0.160 e. The Morgan fingerprint density at radius 2 is 2.08 bits per heavy atom. The number of ether oxygens (including phenoxy) is 2. The third-order valence-corrected chi connectivity index (χ3v) is 2.29. The van der Waals surface area contributed by atoms with Crippen LogP contribution < -0.4 is 0 Å². The van der Waals surface area contributed by atoms with Crippen molar-refractivity contribution < 1.29 is 14.6 Å². The first-order valence-electron chi connectivity index (χ1n) is 4.72. The summed E-state index contributed by atoms with van der Waals surface area (Å²) in [7, 11) is 0. The van der Waals surface area contributed by atoms with Crippen LogP contribution in [-0.4, -0.2) is 31.2 Å². The first-order valence-corrected chi connectivity index (χ1v) is 4.72. The second-order valence-corrected chi connectivity index (χ2v) is 3.14. The predicted molar refractivity (Wildman–Crippen MR) is 45.8 cm³/mol. The maximum atomic E-state index is 8.67. The second-order valence-electron chi connectivity index (χ2n) is 3.14. The highest BCUT2D eigenvalue weighted by atomic mass is 16.7. The Morgan fingerprint density at radius 3 is 2.58 bits per heavy atom. The summed E-state index contributed by atoms with van der Waals surface area (Å²) in [6.07, 6.45) is 2.89. The van der Waals surface area contributed by atoms with E-state index in [1.54, 1.807) is 0 Å². The Balaban J connectivity index is 2.22. The molecular formula is C9H18O3. The molecule has 1 rings (SSSR count). The fourth-order valence-corrected chi connectivity index (χ4v) is 1.53. The molecule has 3 nitrogen and oxygen atoms in total. The van der Waals surface area contributed by atoms with Crippen LogP contribution in [-0.2, 0) is 9.47 Å². The van der Waals surface area contributed by atoms with E-state index >= 15 is 0 Å². The van der Waals surface area contributed by atoms with Gasteiger partial charge in [0.15, 0.2) is 6.29 Å². The van der Waals surface area contributed by atoms with Crippen LogP contribution in [0, 0.1) is 5.92 Å². The molecule has 0 aliphatic carbocycles. The minimum Gasteiger partial charge on any atom is -0.396 e. The third-order valence-electron chi connectivity index (χ3n) is 2.29. The van der Waals surface area contributed by atoms with Crippen LogP contribution in [0.15, 0.2) is 0 Å². The molecule has 0 amide bonds. The van der Waals surface area contributed by atoms with Crippen molar-refractivity contribution in [3.8, 4) is 0 Å². The van der Waals surface area contributed by atoms with Crippen LogP contribution in [0.3, 0.4) is 0 Å². The van der Waals surface area contributed by atoms with Gasteiger partial charge in [-0.1, -0.05) is 6.92 Å². The van der Waals surface area contributed by atoms with Gasteiger partial charge in [-0.2, -0.15) is 0 Å². The normalized spacial score (nSPS) is 21.5. The Labute approximate surface area is 73.7 Å². The topological polar surface area (TPSA) is 38.7 Å². The van der Waals surface area contributed by atoms with E-state index in [2.05, 4.69) is 6.92 Å². The first kappa shape index (κ1) is 9.96. The molecule has 1 fully saturated rings. The van der Waals surface area contributed by atoms with Gasteiger partial charge in [0.05, 0.1) is 13.2 Å². The van der Waals surface area contributed by atoms with E-state index in [1.165, 1.54) is 0 Å². The molecule has 0 aromatic heterocycles. The van der Waals surface area contributed by atoms with E-state index in [1.807, 2.05) is 0 Å². The maximum absolute atomic E-state index is 8.67. The lowest BCUT2D eigenvalue weighted by molar-refractivity contribution is -0.0873. The minimum atomic E-state index is -0.0125. The molecule has 0 saturated carbocycles. The molecule has 1 aliphatic heterocycles. The van der Waals surface area contributed by atoms with Crippen molar-refractivity contribution in [2.24, 2.45) is 5.92 Å². The molecule has 0 aromatic rings. The zero-order valence-corrected chi connectivity index (χ0v) is 7.66. The van der Waals surface area contributed by atoms with Gasteiger partial charge in [-0.15, -0.1) is 0 Å². The Bertz CT molecular complexity index is 110. The molecule has 0 bridgehead atoms. The van der Waals surface area contributed by atoms with Crippen LogP contribution in [0.1, 0.15) is 26.2 Å². The zero-order chi connectivity index (χ0) is 8.81. The van der Waals surface area contributed by atoms with Gasteiger partial charge in [0.25, 0.3) is 0 Å². The lowest BCUT2D eigenvalue weighted by atomic mass is 10.00. The monoisotopic (exact) mass is 174 g/mol. The first-order chi connectivity index (χ1) is 5.88. The molecule has 1 unspecified atom stereocenters.